The molecule has 0 radical (unpaired) electrons. The molecule has 1 aromatic carbocycles. The van der Waals surface area contributed by atoms with E-state index in [9.17, 15) is 14.4 Å². The predicted octanol–water partition coefficient (Wildman–Crippen LogP) is 0.879. The molecule has 0 fully saturated rings. The lowest BCUT2D eigenvalue weighted by Gasteiger charge is -2.10. The number of oxazole rings is 1. The number of likely N-dealkylation sites (N-methyl/N-ethyl adjacent to an activating group) is 1. The molecule has 4 rings (SSSR count). The summed E-state index contributed by atoms with van der Waals surface area (Å²) < 4.78 is 9.71. The molecular formula is C20H26N6O4. The number of benzene rings is 1. The van der Waals surface area contributed by atoms with Crippen LogP contribution >= 0.6 is 0 Å². The molecule has 0 aliphatic carbocycles. The summed E-state index contributed by atoms with van der Waals surface area (Å²) in [6.45, 7) is 1.65. The van der Waals surface area contributed by atoms with E-state index in [0.29, 0.717) is 36.4 Å². The highest BCUT2D eigenvalue weighted by Gasteiger charge is 2.18. The van der Waals surface area contributed by atoms with Crippen molar-refractivity contribution in [2.24, 2.45) is 0 Å². The van der Waals surface area contributed by atoms with Crippen LogP contribution in [0.5, 0.6) is 0 Å². The van der Waals surface area contributed by atoms with Crippen LogP contribution in [0.4, 0.5) is 5.69 Å². The number of hydrogen-bond acceptors (Lipinski definition) is 6. The van der Waals surface area contributed by atoms with E-state index in [1.807, 2.05) is 19.0 Å². The fourth-order valence-electron chi connectivity index (χ4n) is 3.72. The van der Waals surface area contributed by atoms with Crippen LogP contribution in [0.25, 0.3) is 11.1 Å². The van der Waals surface area contributed by atoms with Crippen LogP contribution in [0.1, 0.15) is 25.1 Å². The number of hydrogen-bond donors (Lipinski definition) is 1. The molecule has 10 nitrogen and oxygen atoms in total. The zero-order valence-electron chi connectivity index (χ0n) is 17.3. The Hall–Kier alpha value is -3.14. The third-order valence-corrected chi connectivity index (χ3v) is 5.30. The minimum atomic E-state index is -0.429. The molecular weight excluding hydrogens is 388 g/mol. The number of amides is 1. The van der Waals surface area contributed by atoms with Gasteiger partial charge in [0.05, 0.1) is 5.52 Å². The van der Waals surface area contributed by atoms with Gasteiger partial charge in [-0.05, 0) is 45.1 Å². The van der Waals surface area contributed by atoms with E-state index in [2.05, 4.69) is 10.4 Å². The lowest BCUT2D eigenvalue weighted by Crippen LogP contribution is -2.30. The Morgan fingerprint density at radius 2 is 2.07 bits per heavy atom. The first kappa shape index (κ1) is 20.1. The van der Waals surface area contributed by atoms with E-state index in [0.717, 1.165) is 31.5 Å². The van der Waals surface area contributed by atoms with Crippen molar-refractivity contribution in [1.29, 1.82) is 0 Å². The lowest BCUT2D eigenvalue weighted by molar-refractivity contribution is -0.117. The maximum absolute atomic E-state index is 12.5. The van der Waals surface area contributed by atoms with Crippen molar-refractivity contribution in [2.45, 2.75) is 45.3 Å². The van der Waals surface area contributed by atoms with Gasteiger partial charge in [0.25, 0.3) is 0 Å². The van der Waals surface area contributed by atoms with Gasteiger partial charge in [-0.3, -0.25) is 13.9 Å². The summed E-state index contributed by atoms with van der Waals surface area (Å²) in [5, 5.41) is 7.13. The van der Waals surface area contributed by atoms with E-state index in [1.54, 1.807) is 27.3 Å². The van der Waals surface area contributed by atoms with Crippen molar-refractivity contribution >= 4 is 22.7 Å². The molecule has 0 atom stereocenters. The molecule has 1 amide bonds. The van der Waals surface area contributed by atoms with E-state index in [-0.39, 0.29) is 18.1 Å². The maximum Gasteiger partial charge on any atom is 0.419 e. The molecule has 3 aromatic rings. The number of rotatable bonds is 6. The van der Waals surface area contributed by atoms with Gasteiger partial charge in [-0.2, -0.15) is 5.10 Å². The Bertz CT molecular complexity index is 1180. The Morgan fingerprint density at radius 1 is 1.23 bits per heavy atom. The molecule has 0 unspecified atom stereocenters. The topological polar surface area (TPSA) is 107 Å². The molecule has 1 aliphatic heterocycles. The predicted molar refractivity (Wildman–Crippen MR) is 112 cm³/mol. The SMILES string of the molecule is CN(C)CCn1c(=O)oc2ccc(NC(=O)Cn3nc4n(c3=O)CCCCC4)cc21. The van der Waals surface area contributed by atoms with Gasteiger partial charge in [0.1, 0.15) is 12.4 Å². The average molecular weight is 414 g/mol. The number of nitrogens with one attached hydrogen (secondary N) is 1. The van der Waals surface area contributed by atoms with Crippen LogP contribution in [0.2, 0.25) is 0 Å². The Labute approximate surface area is 172 Å². The first-order valence-electron chi connectivity index (χ1n) is 10.2. The minimum absolute atomic E-state index is 0.157. The van der Waals surface area contributed by atoms with Crippen molar-refractivity contribution in [3.05, 3.63) is 45.1 Å². The molecule has 0 spiro atoms. The van der Waals surface area contributed by atoms with Crippen molar-refractivity contribution < 1.29 is 9.21 Å². The fraction of sp³-hybridized carbons (Fsp3) is 0.500. The van der Waals surface area contributed by atoms with Gasteiger partial charge < -0.3 is 14.6 Å². The summed E-state index contributed by atoms with van der Waals surface area (Å²) in [6, 6.07) is 5.03. The summed E-state index contributed by atoms with van der Waals surface area (Å²) in [6.07, 6.45) is 3.79. The third kappa shape index (κ3) is 4.09. The third-order valence-electron chi connectivity index (χ3n) is 5.30. The van der Waals surface area contributed by atoms with E-state index >= 15 is 0 Å². The number of nitrogens with zero attached hydrogens (tertiary/aromatic N) is 5. The van der Waals surface area contributed by atoms with Crippen LogP contribution in [-0.2, 0) is 30.8 Å². The number of anilines is 1. The summed E-state index contributed by atoms with van der Waals surface area (Å²) in [7, 11) is 3.85. The van der Waals surface area contributed by atoms with Crippen LogP contribution in [0.15, 0.2) is 32.2 Å². The Morgan fingerprint density at radius 3 is 2.87 bits per heavy atom. The Kier molecular flexibility index (Phi) is 5.58. The summed E-state index contributed by atoms with van der Waals surface area (Å²) >= 11 is 0. The Balaban J connectivity index is 1.51. The lowest BCUT2D eigenvalue weighted by atomic mass is 10.2. The second kappa shape index (κ2) is 8.31. The monoisotopic (exact) mass is 414 g/mol. The zero-order valence-corrected chi connectivity index (χ0v) is 17.3. The molecule has 160 valence electrons. The molecule has 10 heteroatoms. The smallest absolute Gasteiger partial charge is 0.408 e. The number of aryl methyl sites for hydroxylation is 1. The summed E-state index contributed by atoms with van der Waals surface area (Å²) in [5.74, 6) is -0.0354. The van der Waals surface area contributed by atoms with Gasteiger partial charge >= 0.3 is 11.4 Å². The molecule has 3 heterocycles. The molecule has 0 bridgehead atoms. The number of carbonyl (C=O) groups excluding carboxylic acids is 1. The van der Waals surface area contributed by atoms with Gasteiger partial charge in [-0.1, -0.05) is 6.42 Å². The highest BCUT2D eigenvalue weighted by Crippen LogP contribution is 2.19. The minimum Gasteiger partial charge on any atom is -0.408 e. The molecule has 0 saturated carbocycles. The fourth-order valence-corrected chi connectivity index (χ4v) is 3.72. The molecule has 1 aliphatic rings. The van der Waals surface area contributed by atoms with Crippen LogP contribution in [-0.4, -0.2) is 50.4 Å². The van der Waals surface area contributed by atoms with Crippen LogP contribution < -0.4 is 16.8 Å². The largest absolute Gasteiger partial charge is 0.419 e. The van der Waals surface area contributed by atoms with E-state index in [4.69, 9.17) is 4.42 Å². The standard InChI is InChI=1S/C20H26N6O4/c1-23(2)10-11-24-15-12-14(7-8-16(15)30-20(24)29)21-18(27)13-26-19(28)25-9-5-3-4-6-17(25)22-26/h7-8,12H,3-6,9-11,13H2,1-2H3,(H,21,27). The van der Waals surface area contributed by atoms with Gasteiger partial charge in [-0.25, -0.2) is 14.3 Å². The summed E-state index contributed by atoms with van der Waals surface area (Å²) in [4.78, 5) is 39.2. The number of carbonyl (C=O) groups is 1. The second-order valence-electron chi connectivity index (χ2n) is 7.87. The first-order chi connectivity index (χ1) is 14.4. The van der Waals surface area contributed by atoms with Crippen molar-refractivity contribution in [3.8, 4) is 0 Å². The molecule has 1 N–H and O–H groups in total. The van der Waals surface area contributed by atoms with Gasteiger partial charge in [0.2, 0.25) is 5.91 Å². The van der Waals surface area contributed by atoms with Crippen LogP contribution in [0, 0.1) is 0 Å². The van der Waals surface area contributed by atoms with Crippen molar-refractivity contribution in [1.82, 2.24) is 23.8 Å². The zero-order chi connectivity index (χ0) is 21.3. The normalized spacial score (nSPS) is 14.1. The van der Waals surface area contributed by atoms with Crippen LogP contribution in [0.3, 0.4) is 0 Å². The van der Waals surface area contributed by atoms with Gasteiger partial charge in [-0.15, -0.1) is 0 Å². The van der Waals surface area contributed by atoms with Gasteiger partial charge in [0, 0.05) is 31.7 Å². The highest BCUT2D eigenvalue weighted by atomic mass is 16.4. The van der Waals surface area contributed by atoms with Crippen molar-refractivity contribution in [2.75, 3.05) is 26.0 Å². The molecule has 0 saturated heterocycles. The summed E-state index contributed by atoms with van der Waals surface area (Å²) in [5.41, 5.74) is 1.36. The van der Waals surface area contributed by atoms with Crippen molar-refractivity contribution in [3.63, 3.8) is 0 Å². The number of fused-ring (bicyclic) bond motifs is 2. The molecule has 30 heavy (non-hydrogen) atoms. The average Bonchev–Trinajstić information content (AvgIpc) is 3.03. The van der Waals surface area contributed by atoms with E-state index in [1.165, 1.54) is 4.68 Å². The molecule has 2 aromatic heterocycles. The maximum atomic E-state index is 12.5. The number of aromatic nitrogens is 4. The van der Waals surface area contributed by atoms with Gasteiger partial charge in [0.15, 0.2) is 5.58 Å². The first-order valence-corrected chi connectivity index (χ1v) is 10.2. The highest BCUT2D eigenvalue weighted by molar-refractivity contribution is 5.92. The second-order valence-corrected chi connectivity index (χ2v) is 7.87. The quantitative estimate of drug-likeness (QED) is 0.642. The van der Waals surface area contributed by atoms with E-state index < -0.39 is 5.76 Å².